The average molecular weight is 548 g/mol. The van der Waals surface area contributed by atoms with E-state index < -0.39 is 23.7 Å². The fourth-order valence-electron chi connectivity index (χ4n) is 4.83. The number of benzene rings is 3. The zero-order valence-electron chi connectivity index (χ0n) is 22.3. The highest BCUT2D eigenvalue weighted by Gasteiger charge is 2.40. The molecular formula is C30H31F2N5O3. The van der Waals surface area contributed by atoms with Crippen molar-refractivity contribution in [2.45, 2.75) is 26.3 Å². The van der Waals surface area contributed by atoms with Crippen molar-refractivity contribution in [3.63, 3.8) is 0 Å². The molecule has 0 saturated heterocycles. The lowest BCUT2D eigenvalue weighted by atomic mass is 9.99. The summed E-state index contributed by atoms with van der Waals surface area (Å²) in [7, 11) is 1.61. The number of halogens is 2. The lowest BCUT2D eigenvalue weighted by molar-refractivity contribution is -0.127. The maximum atomic E-state index is 13.8. The van der Waals surface area contributed by atoms with Crippen LogP contribution in [-0.2, 0) is 22.1 Å². The van der Waals surface area contributed by atoms with Gasteiger partial charge in [-0.3, -0.25) is 9.59 Å². The van der Waals surface area contributed by atoms with Gasteiger partial charge in [-0.2, -0.15) is 10.1 Å². The summed E-state index contributed by atoms with van der Waals surface area (Å²) in [4.78, 5) is 28.8. The molecule has 0 fully saturated rings. The van der Waals surface area contributed by atoms with Gasteiger partial charge in [-0.25, -0.2) is 8.78 Å². The number of nitrogens with one attached hydrogen (secondary N) is 2. The van der Waals surface area contributed by atoms with Crippen LogP contribution in [0.3, 0.4) is 0 Å². The van der Waals surface area contributed by atoms with Gasteiger partial charge >= 0.3 is 0 Å². The van der Waals surface area contributed by atoms with Crippen LogP contribution in [0.5, 0.6) is 5.75 Å². The molecule has 10 heteroatoms. The lowest BCUT2D eigenvalue weighted by Crippen LogP contribution is -2.36. The van der Waals surface area contributed by atoms with Crippen molar-refractivity contribution in [1.82, 2.24) is 10.2 Å². The standard InChI is InChI=1S/C30H29F2N5O3.H2/c1-19-26(28(38)34-23-11-7-10-22(15-23)30(2,31)32)29(39)37(35-19)24-14-21(17-36-13-12-33-18-36)27(40-3)25(16-24)20-8-5-4-6-9-20;/h4-16,26,33H,17-18H2,1-3H3,(H,34,38);1H. The second-order valence-corrected chi connectivity index (χ2v) is 9.76. The molecule has 5 rings (SSSR count). The number of hydrazone groups is 1. The summed E-state index contributed by atoms with van der Waals surface area (Å²) in [5.41, 5.74) is 3.22. The molecule has 2 N–H and O–H groups in total. The maximum Gasteiger partial charge on any atom is 0.270 e. The summed E-state index contributed by atoms with van der Waals surface area (Å²) in [5.74, 6) is -4.78. The molecule has 3 aromatic carbocycles. The lowest BCUT2D eigenvalue weighted by Gasteiger charge is -2.23. The highest BCUT2D eigenvalue weighted by Crippen LogP contribution is 2.39. The van der Waals surface area contributed by atoms with Crippen molar-refractivity contribution < 1.29 is 24.5 Å². The Morgan fingerprint density at radius 1 is 1.18 bits per heavy atom. The third-order valence-corrected chi connectivity index (χ3v) is 6.79. The first-order valence-electron chi connectivity index (χ1n) is 12.7. The Hall–Kier alpha value is -4.73. The van der Waals surface area contributed by atoms with Gasteiger partial charge in [0.1, 0.15) is 5.75 Å². The van der Waals surface area contributed by atoms with E-state index in [9.17, 15) is 18.4 Å². The van der Waals surface area contributed by atoms with E-state index in [1.165, 1.54) is 29.3 Å². The van der Waals surface area contributed by atoms with Crippen LogP contribution in [0.2, 0.25) is 0 Å². The zero-order chi connectivity index (χ0) is 28.4. The van der Waals surface area contributed by atoms with Gasteiger partial charge in [-0.1, -0.05) is 42.5 Å². The molecule has 2 aliphatic rings. The number of carbonyl (C=O) groups is 2. The number of ether oxygens (including phenoxy) is 1. The van der Waals surface area contributed by atoms with Gasteiger partial charge in [0.2, 0.25) is 5.91 Å². The predicted octanol–water partition coefficient (Wildman–Crippen LogP) is 5.53. The first-order valence-corrected chi connectivity index (χ1v) is 12.7. The summed E-state index contributed by atoms with van der Waals surface area (Å²) >= 11 is 0. The fourth-order valence-corrected chi connectivity index (χ4v) is 4.83. The second-order valence-electron chi connectivity index (χ2n) is 9.76. The molecule has 0 aliphatic carbocycles. The van der Waals surface area contributed by atoms with Gasteiger partial charge in [-0.05, 0) is 36.8 Å². The topological polar surface area (TPSA) is 86.3 Å². The summed E-state index contributed by atoms with van der Waals surface area (Å²) in [6, 6.07) is 18.7. The van der Waals surface area contributed by atoms with Gasteiger partial charge in [0.25, 0.3) is 11.8 Å². The van der Waals surface area contributed by atoms with E-state index in [4.69, 9.17) is 4.74 Å². The molecule has 0 bridgehead atoms. The summed E-state index contributed by atoms with van der Waals surface area (Å²) in [6.07, 6.45) is 3.79. The molecule has 2 aliphatic heterocycles. The highest BCUT2D eigenvalue weighted by molar-refractivity contribution is 6.28. The smallest absolute Gasteiger partial charge is 0.270 e. The minimum absolute atomic E-state index is 0. The Balaban J connectivity index is 0.00000387. The number of rotatable bonds is 8. The molecule has 1 atom stereocenters. The van der Waals surface area contributed by atoms with Crippen LogP contribution >= 0.6 is 0 Å². The summed E-state index contributed by atoms with van der Waals surface area (Å²) < 4.78 is 33.4. The number of methoxy groups -OCH3 is 1. The van der Waals surface area contributed by atoms with Gasteiger partial charge in [-0.15, -0.1) is 0 Å². The summed E-state index contributed by atoms with van der Waals surface area (Å²) in [5, 5.41) is 11.4. The number of hydrogen-bond acceptors (Lipinski definition) is 6. The van der Waals surface area contributed by atoms with Gasteiger partial charge < -0.3 is 20.3 Å². The van der Waals surface area contributed by atoms with E-state index in [0.717, 1.165) is 23.6 Å². The van der Waals surface area contributed by atoms with Crippen LogP contribution in [0.4, 0.5) is 20.2 Å². The van der Waals surface area contributed by atoms with Crippen LogP contribution in [0, 0.1) is 5.92 Å². The Morgan fingerprint density at radius 2 is 1.95 bits per heavy atom. The fraction of sp³-hybridized carbons (Fsp3) is 0.233. The monoisotopic (exact) mass is 547 g/mol. The summed E-state index contributed by atoms with van der Waals surface area (Å²) in [6.45, 7) is 3.52. The van der Waals surface area contributed by atoms with Gasteiger partial charge in [0.15, 0.2) is 5.92 Å². The first kappa shape index (κ1) is 26.9. The number of alkyl halides is 2. The first-order chi connectivity index (χ1) is 19.2. The molecule has 2 heterocycles. The third kappa shape index (κ3) is 5.38. The molecule has 40 heavy (non-hydrogen) atoms. The van der Waals surface area contributed by atoms with Crippen LogP contribution in [-0.4, -0.2) is 36.2 Å². The minimum atomic E-state index is -3.07. The molecule has 0 saturated carbocycles. The van der Waals surface area contributed by atoms with Crippen molar-refractivity contribution >= 4 is 28.9 Å². The Kier molecular flexibility index (Phi) is 7.25. The van der Waals surface area contributed by atoms with Crippen LogP contribution in [0.15, 0.2) is 84.2 Å². The number of anilines is 2. The Labute approximate surface area is 232 Å². The third-order valence-electron chi connectivity index (χ3n) is 6.79. The molecule has 0 radical (unpaired) electrons. The molecule has 0 aromatic heterocycles. The molecular weight excluding hydrogens is 516 g/mol. The van der Waals surface area contributed by atoms with E-state index >= 15 is 0 Å². The molecule has 0 spiro atoms. The molecule has 2 amide bonds. The highest BCUT2D eigenvalue weighted by atomic mass is 19.3. The van der Waals surface area contributed by atoms with E-state index in [2.05, 4.69) is 20.6 Å². The second kappa shape index (κ2) is 10.8. The minimum Gasteiger partial charge on any atom is -0.496 e. The van der Waals surface area contributed by atoms with E-state index in [0.29, 0.717) is 30.4 Å². The Morgan fingerprint density at radius 3 is 2.62 bits per heavy atom. The average Bonchev–Trinajstić information content (AvgIpc) is 3.55. The van der Waals surface area contributed by atoms with Crippen molar-refractivity contribution in [2.75, 3.05) is 24.1 Å². The normalized spacial score (nSPS) is 16.7. The largest absolute Gasteiger partial charge is 0.496 e. The SMILES string of the molecule is COc1c(CN2C=CNC2)cc(N2N=C(C)C(C(=O)Nc3cccc(C(C)(F)F)c3)C2=O)cc1-c1ccccc1.[HH]. The number of amides is 2. The molecule has 1 unspecified atom stereocenters. The number of hydrogen-bond donors (Lipinski definition) is 2. The van der Waals surface area contributed by atoms with Crippen molar-refractivity contribution in [2.24, 2.45) is 11.0 Å². The molecule has 8 nitrogen and oxygen atoms in total. The molecule has 3 aromatic rings. The van der Waals surface area contributed by atoms with E-state index in [1.54, 1.807) is 14.0 Å². The van der Waals surface area contributed by atoms with Gasteiger partial charge in [0, 0.05) is 49.7 Å². The predicted molar refractivity (Wildman–Crippen MR) is 152 cm³/mol. The van der Waals surface area contributed by atoms with E-state index in [1.807, 2.05) is 54.9 Å². The number of carbonyl (C=O) groups excluding carboxylic acids is 2. The van der Waals surface area contributed by atoms with Crippen LogP contribution in [0.1, 0.15) is 26.4 Å². The van der Waals surface area contributed by atoms with Crippen LogP contribution in [0.25, 0.3) is 11.1 Å². The maximum absolute atomic E-state index is 13.8. The van der Waals surface area contributed by atoms with Gasteiger partial charge in [0.05, 0.1) is 25.2 Å². The quantitative estimate of drug-likeness (QED) is 0.362. The Bertz CT molecular complexity index is 1510. The van der Waals surface area contributed by atoms with Crippen molar-refractivity contribution in [3.05, 3.63) is 90.3 Å². The van der Waals surface area contributed by atoms with Crippen molar-refractivity contribution in [3.8, 4) is 16.9 Å². The van der Waals surface area contributed by atoms with Crippen LogP contribution < -0.4 is 20.4 Å². The van der Waals surface area contributed by atoms with Crippen molar-refractivity contribution in [1.29, 1.82) is 0 Å². The molecule has 208 valence electrons. The van der Waals surface area contributed by atoms with E-state index in [-0.39, 0.29) is 12.7 Å². The zero-order valence-corrected chi connectivity index (χ0v) is 22.3. The number of nitrogens with zero attached hydrogens (tertiary/aromatic N) is 3.